The average Bonchev–Trinajstić information content (AvgIpc) is 3.42. The fourth-order valence-corrected chi connectivity index (χ4v) is 4.68. The summed E-state index contributed by atoms with van der Waals surface area (Å²) in [5.41, 5.74) is 3.11. The molecule has 2 amide bonds. The van der Waals surface area contributed by atoms with Gasteiger partial charge in [-0.05, 0) is 48.2 Å². The molecule has 174 valence electrons. The zero-order chi connectivity index (χ0) is 23.8. The molecule has 0 unspecified atom stereocenters. The summed E-state index contributed by atoms with van der Waals surface area (Å²) >= 11 is 1.31. The van der Waals surface area contributed by atoms with Crippen molar-refractivity contribution in [2.45, 2.75) is 17.7 Å². The number of anilines is 1. The Labute approximate surface area is 203 Å². The minimum Gasteiger partial charge on any atom is -0.452 e. The van der Waals surface area contributed by atoms with Crippen molar-refractivity contribution in [1.29, 1.82) is 0 Å². The lowest BCUT2D eigenvalue weighted by Gasteiger charge is -2.15. The Kier molecular flexibility index (Phi) is 7.99. The number of ether oxygens (including phenoxy) is 1. The van der Waals surface area contributed by atoms with E-state index in [2.05, 4.69) is 5.32 Å². The van der Waals surface area contributed by atoms with E-state index >= 15 is 0 Å². The Morgan fingerprint density at radius 2 is 1.47 bits per heavy atom. The Hall–Kier alpha value is -3.58. The fraction of sp³-hybridized carbons (Fsp3) is 0.222. The van der Waals surface area contributed by atoms with E-state index in [0.29, 0.717) is 16.1 Å². The summed E-state index contributed by atoms with van der Waals surface area (Å²) in [6.07, 6.45) is 2.08. The van der Waals surface area contributed by atoms with Crippen LogP contribution in [-0.2, 0) is 14.3 Å². The maximum atomic E-state index is 12.6. The second-order valence-corrected chi connectivity index (χ2v) is 8.96. The van der Waals surface area contributed by atoms with Crippen LogP contribution in [0.5, 0.6) is 0 Å². The molecule has 3 aromatic rings. The quantitative estimate of drug-likeness (QED) is 0.373. The van der Waals surface area contributed by atoms with E-state index in [9.17, 15) is 14.4 Å². The van der Waals surface area contributed by atoms with E-state index in [1.165, 1.54) is 11.8 Å². The Balaban J connectivity index is 1.28. The maximum Gasteiger partial charge on any atom is 0.339 e. The van der Waals surface area contributed by atoms with Gasteiger partial charge in [0.05, 0.1) is 11.3 Å². The number of amides is 2. The molecule has 1 aliphatic rings. The Bertz CT molecular complexity index is 1140. The first-order valence-electron chi connectivity index (χ1n) is 11.2. The number of benzene rings is 3. The highest BCUT2D eigenvalue weighted by Gasteiger charge is 2.20. The van der Waals surface area contributed by atoms with E-state index in [1.807, 2.05) is 65.6 Å². The van der Waals surface area contributed by atoms with Crippen LogP contribution < -0.4 is 5.32 Å². The van der Waals surface area contributed by atoms with Gasteiger partial charge in [0.25, 0.3) is 5.91 Å². The summed E-state index contributed by atoms with van der Waals surface area (Å²) < 4.78 is 5.24. The molecule has 0 bridgehead atoms. The van der Waals surface area contributed by atoms with Crippen molar-refractivity contribution < 1.29 is 19.1 Å². The molecule has 0 atom stereocenters. The molecule has 1 aliphatic heterocycles. The van der Waals surface area contributed by atoms with Gasteiger partial charge in [-0.15, -0.1) is 11.8 Å². The summed E-state index contributed by atoms with van der Waals surface area (Å²) in [7, 11) is 0. The molecule has 4 rings (SSSR count). The number of likely N-dealkylation sites (tertiary alicyclic amines) is 1. The highest BCUT2D eigenvalue weighted by Crippen LogP contribution is 2.25. The van der Waals surface area contributed by atoms with E-state index in [1.54, 1.807) is 18.2 Å². The van der Waals surface area contributed by atoms with Gasteiger partial charge in [0.2, 0.25) is 5.91 Å². The molecule has 0 spiro atoms. The number of carbonyl (C=O) groups is 3. The molecule has 0 radical (unpaired) electrons. The van der Waals surface area contributed by atoms with Crippen molar-refractivity contribution >= 4 is 35.2 Å². The number of nitrogens with one attached hydrogen (secondary N) is 1. The molecule has 3 aromatic carbocycles. The first kappa shape index (κ1) is 23.6. The predicted octanol–water partition coefficient (Wildman–Crippen LogP) is 4.86. The number of nitrogens with zero attached hydrogens (tertiary/aromatic N) is 1. The largest absolute Gasteiger partial charge is 0.452 e. The van der Waals surface area contributed by atoms with Gasteiger partial charge in [-0.3, -0.25) is 9.59 Å². The van der Waals surface area contributed by atoms with E-state index < -0.39 is 18.5 Å². The van der Waals surface area contributed by atoms with Crippen molar-refractivity contribution in [2.24, 2.45) is 0 Å². The highest BCUT2D eigenvalue weighted by atomic mass is 32.2. The van der Waals surface area contributed by atoms with Gasteiger partial charge in [0.15, 0.2) is 6.61 Å². The number of hydrogen-bond acceptors (Lipinski definition) is 5. The van der Waals surface area contributed by atoms with Crippen LogP contribution >= 0.6 is 11.8 Å². The monoisotopic (exact) mass is 474 g/mol. The van der Waals surface area contributed by atoms with Gasteiger partial charge in [-0.2, -0.15) is 0 Å². The molecule has 0 saturated carbocycles. The molecular weight excluding hydrogens is 448 g/mol. The Morgan fingerprint density at radius 3 is 2.21 bits per heavy atom. The predicted molar refractivity (Wildman–Crippen MR) is 134 cm³/mol. The van der Waals surface area contributed by atoms with Crippen LogP contribution in [-0.4, -0.2) is 48.1 Å². The molecule has 1 fully saturated rings. The molecule has 1 heterocycles. The van der Waals surface area contributed by atoms with Crippen LogP contribution in [0.1, 0.15) is 23.2 Å². The zero-order valence-electron chi connectivity index (χ0n) is 18.7. The minimum absolute atomic E-state index is 0.0725. The number of esters is 1. The standard InChI is InChI=1S/C27H26N2O4S/c30-25(28-22-14-12-21(13-15-22)20-8-2-1-3-9-20)18-33-27(32)23-10-4-5-11-24(23)34-19-26(31)29-16-6-7-17-29/h1-5,8-15H,6-7,16-19H2,(H,28,30). The molecule has 34 heavy (non-hydrogen) atoms. The van der Waals surface area contributed by atoms with E-state index in [-0.39, 0.29) is 11.7 Å². The third-order valence-corrected chi connectivity index (χ3v) is 6.59. The number of thioether (sulfide) groups is 1. The summed E-state index contributed by atoms with van der Waals surface area (Å²) in [6.45, 7) is 1.20. The van der Waals surface area contributed by atoms with E-state index in [0.717, 1.165) is 37.1 Å². The summed E-state index contributed by atoms with van der Waals surface area (Å²) in [5.74, 6) is -0.672. The lowest BCUT2D eigenvalue weighted by atomic mass is 10.1. The molecule has 7 heteroatoms. The normalized spacial score (nSPS) is 12.9. The smallest absolute Gasteiger partial charge is 0.339 e. The lowest BCUT2D eigenvalue weighted by Crippen LogP contribution is -2.29. The zero-order valence-corrected chi connectivity index (χ0v) is 19.6. The SMILES string of the molecule is O=C(COC(=O)c1ccccc1SCC(=O)N1CCCC1)Nc1ccc(-c2ccccc2)cc1. The first-order chi connectivity index (χ1) is 16.6. The van der Waals surface area contributed by atoms with Gasteiger partial charge in [0, 0.05) is 23.7 Å². The summed E-state index contributed by atoms with van der Waals surface area (Å²) in [6, 6.07) is 24.4. The third-order valence-electron chi connectivity index (χ3n) is 5.53. The van der Waals surface area contributed by atoms with Crippen molar-refractivity contribution in [2.75, 3.05) is 30.8 Å². The first-order valence-corrected chi connectivity index (χ1v) is 12.2. The second-order valence-electron chi connectivity index (χ2n) is 7.94. The van der Waals surface area contributed by atoms with Crippen molar-refractivity contribution in [1.82, 2.24) is 4.90 Å². The van der Waals surface area contributed by atoms with Gasteiger partial charge in [0.1, 0.15) is 0 Å². The summed E-state index contributed by atoms with van der Waals surface area (Å²) in [5, 5.41) is 2.74. The van der Waals surface area contributed by atoms with Gasteiger partial charge < -0.3 is 15.0 Å². The number of carbonyl (C=O) groups excluding carboxylic acids is 3. The van der Waals surface area contributed by atoms with Crippen LogP contribution in [0.4, 0.5) is 5.69 Å². The Morgan fingerprint density at radius 1 is 0.824 bits per heavy atom. The fourth-order valence-electron chi connectivity index (χ4n) is 3.74. The third kappa shape index (κ3) is 6.26. The number of hydrogen-bond donors (Lipinski definition) is 1. The molecule has 0 aromatic heterocycles. The summed E-state index contributed by atoms with van der Waals surface area (Å²) in [4.78, 5) is 39.8. The van der Waals surface area contributed by atoms with Crippen molar-refractivity contribution in [3.05, 3.63) is 84.4 Å². The van der Waals surface area contributed by atoms with Crippen LogP contribution in [0.25, 0.3) is 11.1 Å². The minimum atomic E-state index is -0.591. The molecule has 1 N–H and O–H groups in total. The molecule has 6 nitrogen and oxygen atoms in total. The highest BCUT2D eigenvalue weighted by molar-refractivity contribution is 8.00. The van der Waals surface area contributed by atoms with Crippen LogP contribution in [0.15, 0.2) is 83.8 Å². The van der Waals surface area contributed by atoms with Crippen LogP contribution in [0, 0.1) is 0 Å². The molecular formula is C27H26N2O4S. The van der Waals surface area contributed by atoms with Gasteiger partial charge >= 0.3 is 5.97 Å². The van der Waals surface area contributed by atoms with E-state index in [4.69, 9.17) is 4.74 Å². The average molecular weight is 475 g/mol. The van der Waals surface area contributed by atoms with Crippen LogP contribution in [0.3, 0.4) is 0 Å². The second kappa shape index (κ2) is 11.5. The van der Waals surface area contributed by atoms with Crippen LogP contribution in [0.2, 0.25) is 0 Å². The lowest BCUT2D eigenvalue weighted by molar-refractivity contribution is -0.127. The number of rotatable bonds is 8. The van der Waals surface area contributed by atoms with Crippen molar-refractivity contribution in [3.63, 3.8) is 0 Å². The maximum absolute atomic E-state index is 12.6. The topological polar surface area (TPSA) is 75.7 Å². The van der Waals surface area contributed by atoms with Crippen molar-refractivity contribution in [3.8, 4) is 11.1 Å². The molecule has 0 aliphatic carbocycles. The van der Waals surface area contributed by atoms with Gasteiger partial charge in [-0.1, -0.05) is 54.6 Å². The van der Waals surface area contributed by atoms with Gasteiger partial charge in [-0.25, -0.2) is 4.79 Å². The molecule has 1 saturated heterocycles.